The van der Waals surface area contributed by atoms with Gasteiger partial charge in [-0.15, -0.1) is 0 Å². The van der Waals surface area contributed by atoms with E-state index < -0.39 is 6.23 Å². The quantitative estimate of drug-likeness (QED) is 0.825. The molecule has 0 spiro atoms. The zero-order valence-electron chi connectivity index (χ0n) is 12.0. The van der Waals surface area contributed by atoms with Crippen LogP contribution < -0.4 is 4.74 Å². The molecule has 0 radical (unpaired) electrons. The predicted molar refractivity (Wildman–Crippen MR) is 76.7 cm³/mol. The smallest absolute Gasteiger partial charge is 0.161 e. The van der Waals surface area contributed by atoms with E-state index in [9.17, 15) is 10.2 Å². The van der Waals surface area contributed by atoms with Gasteiger partial charge in [-0.25, -0.2) is 0 Å². The third-order valence-electron chi connectivity index (χ3n) is 4.10. The van der Waals surface area contributed by atoms with Gasteiger partial charge in [-0.2, -0.15) is 0 Å². The summed E-state index contributed by atoms with van der Waals surface area (Å²) in [5, 5.41) is 20.5. The van der Waals surface area contributed by atoms with Gasteiger partial charge in [0.15, 0.2) is 11.5 Å². The number of phenolic OH excluding ortho intramolecular Hbond substituents is 1. The summed E-state index contributed by atoms with van der Waals surface area (Å²) in [6, 6.07) is 3.34. The van der Waals surface area contributed by atoms with Crippen molar-refractivity contribution in [2.45, 2.75) is 32.5 Å². The Morgan fingerprint density at radius 1 is 1.40 bits per heavy atom. The van der Waals surface area contributed by atoms with Crippen LogP contribution in [0.3, 0.4) is 0 Å². The van der Waals surface area contributed by atoms with Gasteiger partial charge in [-0.1, -0.05) is 13.8 Å². The van der Waals surface area contributed by atoms with Gasteiger partial charge >= 0.3 is 0 Å². The number of aliphatic hydroxyl groups is 1. The van der Waals surface area contributed by atoms with Crippen LogP contribution in [0.25, 0.3) is 0 Å². The average Bonchev–Trinajstić information content (AvgIpc) is 2.65. The molecule has 2 aliphatic heterocycles. The van der Waals surface area contributed by atoms with Gasteiger partial charge < -0.3 is 14.9 Å². The van der Waals surface area contributed by atoms with Crippen LogP contribution in [0.4, 0.5) is 5.69 Å². The van der Waals surface area contributed by atoms with Gasteiger partial charge in [-0.05, 0) is 17.9 Å². The summed E-state index contributed by atoms with van der Waals surface area (Å²) in [4.78, 5) is 6.49. The Bertz CT molecular complexity index is 568. The molecule has 0 aromatic heterocycles. The molecule has 2 atom stereocenters. The van der Waals surface area contributed by atoms with Crippen molar-refractivity contribution in [2.75, 3.05) is 13.7 Å². The van der Waals surface area contributed by atoms with Gasteiger partial charge in [0.2, 0.25) is 0 Å². The Morgan fingerprint density at radius 3 is 2.85 bits per heavy atom. The van der Waals surface area contributed by atoms with E-state index in [1.165, 1.54) is 7.11 Å². The van der Waals surface area contributed by atoms with Crippen molar-refractivity contribution in [1.29, 1.82) is 0 Å². The normalized spacial score (nSPS) is 27.8. The van der Waals surface area contributed by atoms with E-state index in [1.54, 1.807) is 12.1 Å². The van der Waals surface area contributed by atoms with Crippen LogP contribution in [0.2, 0.25) is 0 Å². The minimum absolute atomic E-state index is 0.0398. The van der Waals surface area contributed by atoms with E-state index in [0.29, 0.717) is 17.0 Å². The summed E-state index contributed by atoms with van der Waals surface area (Å²) in [5.41, 5.74) is 1.44. The molecule has 2 N–H and O–H groups in total. The second kappa shape index (κ2) is 4.46. The molecule has 0 bridgehead atoms. The van der Waals surface area contributed by atoms with E-state index in [4.69, 9.17) is 4.74 Å². The number of nitrogens with zero attached hydrogens (tertiary/aromatic N) is 2. The highest BCUT2D eigenvalue weighted by atomic mass is 16.5. The second-order valence-corrected chi connectivity index (χ2v) is 6.34. The van der Waals surface area contributed by atoms with E-state index >= 15 is 0 Å². The Morgan fingerprint density at radius 2 is 2.15 bits per heavy atom. The first-order valence-corrected chi connectivity index (χ1v) is 6.80. The molecule has 0 aliphatic carbocycles. The molecular formula is C15H20N2O3. The fraction of sp³-hybridized carbons (Fsp3) is 0.533. The molecule has 5 heteroatoms. The number of phenols is 1. The maximum absolute atomic E-state index is 10.7. The van der Waals surface area contributed by atoms with Crippen molar-refractivity contribution in [1.82, 2.24) is 4.90 Å². The van der Waals surface area contributed by atoms with Gasteiger partial charge in [0.05, 0.1) is 12.8 Å². The summed E-state index contributed by atoms with van der Waals surface area (Å²) in [7, 11) is 1.50. The molecule has 1 saturated heterocycles. The highest BCUT2D eigenvalue weighted by molar-refractivity contribution is 5.73. The number of ether oxygens (including phenoxy) is 1. The minimum atomic E-state index is -0.728. The third kappa shape index (κ3) is 2.07. The van der Waals surface area contributed by atoms with E-state index in [0.717, 1.165) is 13.0 Å². The van der Waals surface area contributed by atoms with Crippen LogP contribution in [0.5, 0.6) is 11.5 Å². The topological polar surface area (TPSA) is 65.3 Å². The van der Waals surface area contributed by atoms with E-state index in [-0.39, 0.29) is 17.2 Å². The number of rotatable bonds is 1. The molecule has 0 saturated carbocycles. The molecule has 20 heavy (non-hydrogen) atoms. The Hall–Kier alpha value is -1.59. The summed E-state index contributed by atoms with van der Waals surface area (Å²) in [6.45, 7) is 5.20. The molecular weight excluding hydrogens is 256 g/mol. The van der Waals surface area contributed by atoms with Crippen molar-refractivity contribution in [2.24, 2.45) is 10.4 Å². The Balaban J connectivity index is 2.05. The van der Waals surface area contributed by atoms with Crippen LogP contribution in [0.1, 0.15) is 32.1 Å². The van der Waals surface area contributed by atoms with E-state index in [2.05, 4.69) is 18.8 Å². The lowest BCUT2D eigenvalue weighted by Gasteiger charge is -2.27. The molecule has 3 rings (SSSR count). The van der Waals surface area contributed by atoms with Crippen molar-refractivity contribution in [3.05, 3.63) is 17.7 Å². The van der Waals surface area contributed by atoms with Gasteiger partial charge in [0.25, 0.3) is 0 Å². The maximum Gasteiger partial charge on any atom is 0.161 e. The zero-order chi connectivity index (χ0) is 14.5. The highest BCUT2D eigenvalue weighted by Crippen LogP contribution is 2.44. The maximum atomic E-state index is 10.7. The number of fused-ring (bicyclic) bond motifs is 2. The number of aliphatic hydroxyl groups excluding tert-OH is 1. The molecule has 2 heterocycles. The minimum Gasteiger partial charge on any atom is -0.504 e. The van der Waals surface area contributed by atoms with Crippen LogP contribution in [0, 0.1) is 5.41 Å². The standard InChI is InChI=1S/C15H20N2O3/c1-15(2)6-9-7-16-11-5-12(18)13(20-3)4-10(11)14(19)17(9)8-15/h4-5,7,9,14,18-19H,6,8H2,1-3H3/t9-,14?/m0/s1. The second-order valence-electron chi connectivity index (χ2n) is 6.34. The lowest BCUT2D eigenvalue weighted by molar-refractivity contribution is 0.00430. The first-order chi connectivity index (χ1) is 9.41. The van der Waals surface area contributed by atoms with Crippen molar-refractivity contribution in [3.63, 3.8) is 0 Å². The van der Waals surface area contributed by atoms with E-state index in [1.807, 2.05) is 11.1 Å². The fourth-order valence-corrected chi connectivity index (χ4v) is 3.17. The van der Waals surface area contributed by atoms with Gasteiger partial charge in [0.1, 0.15) is 6.23 Å². The van der Waals surface area contributed by atoms with Crippen molar-refractivity contribution >= 4 is 11.9 Å². The van der Waals surface area contributed by atoms with Gasteiger partial charge in [-0.3, -0.25) is 9.89 Å². The molecule has 1 unspecified atom stereocenters. The molecule has 1 aromatic carbocycles. The monoisotopic (exact) mass is 276 g/mol. The van der Waals surface area contributed by atoms with Crippen LogP contribution >= 0.6 is 0 Å². The summed E-state index contributed by atoms with van der Waals surface area (Å²) in [6.07, 6.45) is 2.11. The lowest BCUT2D eigenvalue weighted by atomic mass is 9.91. The van der Waals surface area contributed by atoms with Crippen LogP contribution in [0.15, 0.2) is 17.1 Å². The predicted octanol–water partition coefficient (Wildman–Crippen LogP) is 2.21. The van der Waals surface area contributed by atoms with Crippen LogP contribution in [-0.2, 0) is 0 Å². The number of aromatic hydroxyl groups is 1. The fourth-order valence-electron chi connectivity index (χ4n) is 3.17. The summed E-state index contributed by atoms with van der Waals surface area (Å²) in [5.74, 6) is 0.396. The summed E-state index contributed by atoms with van der Waals surface area (Å²) >= 11 is 0. The molecule has 2 aliphatic rings. The highest BCUT2D eigenvalue weighted by Gasteiger charge is 2.41. The number of hydrogen-bond donors (Lipinski definition) is 2. The first kappa shape index (κ1) is 13.4. The molecule has 1 fully saturated rings. The number of benzene rings is 1. The molecule has 1 aromatic rings. The Labute approximate surface area is 118 Å². The largest absolute Gasteiger partial charge is 0.504 e. The number of methoxy groups -OCH3 is 1. The number of aliphatic imine (C=N–C) groups is 1. The molecule has 0 amide bonds. The third-order valence-corrected chi connectivity index (χ3v) is 4.10. The lowest BCUT2D eigenvalue weighted by Crippen LogP contribution is -2.34. The SMILES string of the molecule is COc1cc2c(cc1O)N=C[C@@H]1CC(C)(C)CN1C2O. The van der Waals surface area contributed by atoms with Crippen molar-refractivity contribution < 1.29 is 14.9 Å². The summed E-state index contributed by atoms with van der Waals surface area (Å²) < 4.78 is 5.12. The average molecular weight is 276 g/mol. The number of hydrogen-bond acceptors (Lipinski definition) is 5. The van der Waals surface area contributed by atoms with Crippen LogP contribution in [-0.4, -0.2) is 41.0 Å². The van der Waals surface area contributed by atoms with Crippen molar-refractivity contribution in [3.8, 4) is 11.5 Å². The molecule has 5 nitrogen and oxygen atoms in total. The van der Waals surface area contributed by atoms with Gasteiger partial charge in [0, 0.05) is 30.4 Å². The Kier molecular flexibility index (Phi) is 2.99. The zero-order valence-corrected chi connectivity index (χ0v) is 12.0. The molecule has 108 valence electrons. The first-order valence-electron chi connectivity index (χ1n) is 6.80.